The summed E-state index contributed by atoms with van der Waals surface area (Å²) in [5, 5.41) is 7.42. The molecule has 5 heteroatoms. The molecule has 1 saturated heterocycles. The van der Waals surface area contributed by atoms with Gasteiger partial charge in [0, 0.05) is 26.8 Å². The minimum atomic E-state index is -0.0986. The number of nitrogens with one attached hydrogen (secondary N) is 1. The van der Waals surface area contributed by atoms with Gasteiger partial charge in [-0.05, 0) is 19.9 Å². The zero-order valence-corrected chi connectivity index (χ0v) is 10.3. The van der Waals surface area contributed by atoms with E-state index in [4.69, 9.17) is 0 Å². The molecule has 3 rings (SSSR count). The highest BCUT2D eigenvalue weighted by molar-refractivity contribution is 5.84. The number of amides is 1. The summed E-state index contributed by atoms with van der Waals surface area (Å²) in [5.74, 6) is 0.157. The number of β-lactam (4-membered cyclic amide) rings is 1. The summed E-state index contributed by atoms with van der Waals surface area (Å²) in [7, 11) is 0. The van der Waals surface area contributed by atoms with Gasteiger partial charge in [-0.15, -0.1) is 0 Å². The van der Waals surface area contributed by atoms with Crippen LogP contribution in [-0.2, 0) is 17.9 Å². The van der Waals surface area contributed by atoms with Gasteiger partial charge in [0.2, 0.25) is 5.91 Å². The third-order valence-electron chi connectivity index (χ3n) is 3.76. The van der Waals surface area contributed by atoms with Gasteiger partial charge in [-0.3, -0.25) is 14.4 Å². The van der Waals surface area contributed by atoms with E-state index in [9.17, 15) is 4.79 Å². The lowest BCUT2D eigenvalue weighted by atomic mass is 9.86. The zero-order valence-electron chi connectivity index (χ0n) is 10.3. The van der Waals surface area contributed by atoms with Crippen molar-refractivity contribution in [2.45, 2.75) is 44.9 Å². The van der Waals surface area contributed by atoms with Gasteiger partial charge in [0.25, 0.3) is 0 Å². The summed E-state index contributed by atoms with van der Waals surface area (Å²) in [6.45, 7) is 7.01. The lowest BCUT2D eigenvalue weighted by Crippen LogP contribution is -2.67. The topological polar surface area (TPSA) is 50.2 Å². The van der Waals surface area contributed by atoms with E-state index >= 15 is 0 Å². The van der Waals surface area contributed by atoms with Crippen LogP contribution in [0.4, 0.5) is 0 Å². The van der Waals surface area contributed by atoms with Crippen LogP contribution in [0.2, 0.25) is 0 Å². The highest BCUT2D eigenvalue weighted by atomic mass is 16.2. The molecular weight excluding hydrogens is 216 g/mol. The van der Waals surface area contributed by atoms with Crippen molar-refractivity contribution < 1.29 is 6.22 Å². The number of carbonyl (C=O) groups excluding carboxylic acids is 1. The van der Waals surface area contributed by atoms with Crippen molar-refractivity contribution in [3.05, 3.63) is 18.0 Å². The predicted octanol–water partition coefficient (Wildman–Crippen LogP) is 0.612. The Morgan fingerprint density at radius 2 is 2.29 bits per heavy atom. The number of aromatic nitrogens is 2. The largest absolute Gasteiger partial charge is 0.347 e. The van der Waals surface area contributed by atoms with E-state index in [2.05, 4.69) is 35.2 Å². The lowest BCUT2D eigenvalue weighted by molar-refractivity contribution is -0.134. The van der Waals surface area contributed by atoms with Crippen LogP contribution in [0.15, 0.2) is 12.3 Å². The standard InChI is InChI=1S/C12H18N4O.H2/c1-9(2)15-6-10-3-4-13-16(10)8-12(7-15)5-11(17)14-12;/h3-4,9H,5-8H2,1-2H3,(H,14,17);1H. The molecule has 1 unspecified atom stereocenters. The van der Waals surface area contributed by atoms with Crippen molar-refractivity contribution in [3.8, 4) is 0 Å². The monoisotopic (exact) mass is 236 g/mol. The quantitative estimate of drug-likeness (QED) is 0.727. The molecule has 0 bridgehead atoms. The first-order chi connectivity index (χ1) is 8.08. The number of rotatable bonds is 1. The zero-order chi connectivity index (χ0) is 12.0. The van der Waals surface area contributed by atoms with Crippen molar-refractivity contribution in [1.29, 1.82) is 0 Å². The molecule has 2 aliphatic heterocycles. The van der Waals surface area contributed by atoms with Gasteiger partial charge in [-0.1, -0.05) is 0 Å². The maximum absolute atomic E-state index is 11.3. The molecule has 1 fully saturated rings. The molecular formula is C12H20N4O. The van der Waals surface area contributed by atoms with Crippen LogP contribution < -0.4 is 5.32 Å². The first-order valence-electron chi connectivity index (χ1n) is 6.14. The van der Waals surface area contributed by atoms with E-state index < -0.39 is 0 Å². The molecule has 2 aliphatic rings. The number of nitrogens with zero attached hydrogens (tertiary/aromatic N) is 3. The second-order valence-electron chi connectivity index (χ2n) is 5.48. The fraction of sp³-hybridized carbons (Fsp3) is 0.667. The van der Waals surface area contributed by atoms with E-state index in [0.29, 0.717) is 12.5 Å². The summed E-state index contributed by atoms with van der Waals surface area (Å²) in [6.07, 6.45) is 2.46. The van der Waals surface area contributed by atoms with E-state index in [-0.39, 0.29) is 12.9 Å². The molecule has 0 radical (unpaired) electrons. The Bertz CT molecular complexity index is 449. The average Bonchev–Trinajstić information content (AvgIpc) is 2.56. The maximum atomic E-state index is 11.3. The van der Waals surface area contributed by atoms with E-state index in [0.717, 1.165) is 19.6 Å². The maximum Gasteiger partial charge on any atom is 0.223 e. The van der Waals surface area contributed by atoms with Crippen LogP contribution in [0.3, 0.4) is 0 Å². The Morgan fingerprint density at radius 1 is 1.53 bits per heavy atom. The fourth-order valence-electron chi connectivity index (χ4n) is 2.77. The highest BCUT2D eigenvalue weighted by Gasteiger charge is 2.46. The second kappa shape index (κ2) is 3.57. The molecule has 0 saturated carbocycles. The van der Waals surface area contributed by atoms with Crippen molar-refractivity contribution in [2.75, 3.05) is 6.54 Å². The molecule has 0 aromatic carbocycles. The number of hydrogen-bond acceptors (Lipinski definition) is 3. The van der Waals surface area contributed by atoms with E-state index in [1.807, 2.05) is 10.9 Å². The van der Waals surface area contributed by atoms with Gasteiger partial charge in [-0.25, -0.2) is 0 Å². The Hall–Kier alpha value is -1.36. The molecule has 94 valence electrons. The van der Waals surface area contributed by atoms with Gasteiger partial charge in [0.15, 0.2) is 0 Å². The first-order valence-corrected chi connectivity index (χ1v) is 6.14. The fourth-order valence-corrected chi connectivity index (χ4v) is 2.77. The van der Waals surface area contributed by atoms with Gasteiger partial charge >= 0.3 is 0 Å². The molecule has 1 spiro atoms. The predicted molar refractivity (Wildman–Crippen MR) is 65.4 cm³/mol. The minimum Gasteiger partial charge on any atom is -0.347 e. The third kappa shape index (κ3) is 1.74. The van der Waals surface area contributed by atoms with Crippen LogP contribution in [0.5, 0.6) is 0 Å². The molecule has 1 aromatic heterocycles. The van der Waals surface area contributed by atoms with E-state index in [1.165, 1.54) is 5.69 Å². The number of fused-ring (bicyclic) bond motifs is 1. The molecule has 1 atom stereocenters. The van der Waals surface area contributed by atoms with Gasteiger partial charge in [0.1, 0.15) is 0 Å². The number of hydrogen-bond donors (Lipinski definition) is 1. The van der Waals surface area contributed by atoms with Gasteiger partial charge < -0.3 is 5.32 Å². The summed E-state index contributed by atoms with van der Waals surface area (Å²) >= 11 is 0. The van der Waals surface area contributed by atoms with Crippen molar-refractivity contribution >= 4 is 5.91 Å². The Kier molecular flexibility index (Phi) is 2.26. The normalized spacial score (nSPS) is 28.8. The average molecular weight is 236 g/mol. The van der Waals surface area contributed by atoms with Crippen LogP contribution >= 0.6 is 0 Å². The highest BCUT2D eigenvalue weighted by Crippen LogP contribution is 2.28. The summed E-state index contributed by atoms with van der Waals surface area (Å²) in [4.78, 5) is 13.7. The summed E-state index contributed by atoms with van der Waals surface area (Å²) < 4.78 is 2.03. The van der Waals surface area contributed by atoms with Crippen LogP contribution in [-0.4, -0.2) is 38.7 Å². The Balaban J connectivity index is 0.00000120. The summed E-state index contributed by atoms with van der Waals surface area (Å²) in [5.41, 5.74) is 1.13. The SMILES string of the molecule is CC(C)N1Cc2ccnn2CC2(CC(=O)N2)C1.[HH]. The molecule has 1 aromatic rings. The molecule has 1 N–H and O–H groups in total. The molecule has 1 amide bonds. The first kappa shape index (κ1) is 10.8. The van der Waals surface area contributed by atoms with Crippen LogP contribution in [0.1, 0.15) is 27.4 Å². The van der Waals surface area contributed by atoms with Crippen molar-refractivity contribution in [3.63, 3.8) is 0 Å². The van der Waals surface area contributed by atoms with Crippen molar-refractivity contribution in [2.24, 2.45) is 0 Å². The third-order valence-corrected chi connectivity index (χ3v) is 3.76. The minimum absolute atomic E-state index is 0. The Morgan fingerprint density at radius 3 is 2.94 bits per heavy atom. The smallest absolute Gasteiger partial charge is 0.223 e. The number of carbonyl (C=O) groups is 1. The van der Waals surface area contributed by atoms with Crippen LogP contribution in [0.25, 0.3) is 0 Å². The van der Waals surface area contributed by atoms with Crippen LogP contribution in [0, 0.1) is 0 Å². The molecule has 5 nitrogen and oxygen atoms in total. The second-order valence-corrected chi connectivity index (χ2v) is 5.48. The van der Waals surface area contributed by atoms with Crippen molar-refractivity contribution in [1.82, 2.24) is 20.0 Å². The van der Waals surface area contributed by atoms with Gasteiger partial charge in [0.05, 0.1) is 24.2 Å². The van der Waals surface area contributed by atoms with Gasteiger partial charge in [-0.2, -0.15) is 5.10 Å². The lowest BCUT2D eigenvalue weighted by Gasteiger charge is -2.44. The Labute approximate surface area is 102 Å². The van der Waals surface area contributed by atoms with E-state index in [1.54, 1.807) is 0 Å². The summed E-state index contributed by atoms with van der Waals surface area (Å²) in [6, 6.07) is 2.54. The molecule has 3 heterocycles. The molecule has 0 aliphatic carbocycles. The molecule has 17 heavy (non-hydrogen) atoms.